The molecule has 0 aliphatic carbocycles. The Hall–Kier alpha value is -3.21. The number of rotatable bonds is 3. The summed E-state index contributed by atoms with van der Waals surface area (Å²) in [4.78, 5) is 17.7. The number of carbonyl (C=O) groups is 1. The van der Waals surface area contributed by atoms with E-state index in [0.717, 1.165) is 11.3 Å². The van der Waals surface area contributed by atoms with Crippen molar-refractivity contribution >= 4 is 11.7 Å². The fraction of sp³-hybridized carbons (Fsp3) is 0.278. The lowest BCUT2D eigenvalue weighted by Crippen LogP contribution is -2.35. The van der Waals surface area contributed by atoms with Crippen molar-refractivity contribution in [2.24, 2.45) is 0 Å². The van der Waals surface area contributed by atoms with Crippen LogP contribution in [0.1, 0.15) is 23.7 Å². The molecule has 0 unspecified atom stereocenters. The number of hydrogen-bond donors (Lipinski definition) is 1. The number of nitrogens with two attached hydrogens (primary N) is 1. The molecule has 0 atom stereocenters. The Bertz CT molecular complexity index is 892. The van der Waals surface area contributed by atoms with Gasteiger partial charge in [0.25, 0.3) is 0 Å². The summed E-state index contributed by atoms with van der Waals surface area (Å²) < 4.78 is 29.0. The number of fused-ring (bicyclic) bond motifs is 1. The first-order valence-corrected chi connectivity index (χ1v) is 7.92. The van der Waals surface area contributed by atoms with Gasteiger partial charge >= 0.3 is 6.61 Å². The van der Waals surface area contributed by atoms with E-state index in [1.165, 1.54) is 19.1 Å². The molecule has 2 heterocycles. The van der Waals surface area contributed by atoms with Gasteiger partial charge in [-0.25, -0.2) is 4.98 Å². The van der Waals surface area contributed by atoms with Crippen molar-refractivity contribution < 1.29 is 18.3 Å². The number of nitrogens with zero attached hydrogens (tertiary/aromatic N) is 3. The predicted octanol–water partition coefficient (Wildman–Crippen LogP) is 2.71. The van der Waals surface area contributed by atoms with Crippen LogP contribution >= 0.6 is 0 Å². The molecule has 26 heavy (non-hydrogen) atoms. The molecule has 0 saturated heterocycles. The zero-order chi connectivity index (χ0) is 18.8. The largest absolute Gasteiger partial charge is 0.435 e. The third-order valence-electron chi connectivity index (χ3n) is 4.30. The summed E-state index contributed by atoms with van der Waals surface area (Å²) in [5, 5.41) is 9.54. The van der Waals surface area contributed by atoms with E-state index in [4.69, 9.17) is 5.73 Å². The molecule has 0 fully saturated rings. The number of carbonyl (C=O) groups excluding carboxylic acids is 1. The SMILES string of the molecule is CC(=O)N1CCc2nc(N)c(C#N)c(-c3ccc(OC(F)F)cc3)c2C1. The maximum atomic E-state index is 12.3. The van der Waals surface area contributed by atoms with E-state index in [2.05, 4.69) is 15.8 Å². The summed E-state index contributed by atoms with van der Waals surface area (Å²) in [6.45, 7) is -0.584. The molecule has 2 aromatic rings. The van der Waals surface area contributed by atoms with Crippen LogP contribution in [0.25, 0.3) is 11.1 Å². The number of anilines is 1. The highest BCUT2D eigenvalue weighted by Gasteiger charge is 2.26. The number of nitriles is 1. The number of halogens is 2. The molecule has 8 heteroatoms. The van der Waals surface area contributed by atoms with Gasteiger partial charge in [-0.05, 0) is 17.7 Å². The zero-order valence-electron chi connectivity index (χ0n) is 14.0. The van der Waals surface area contributed by atoms with Gasteiger partial charge in [-0.1, -0.05) is 12.1 Å². The first-order valence-electron chi connectivity index (χ1n) is 7.92. The Kier molecular flexibility index (Phi) is 4.71. The molecule has 1 aliphatic rings. The van der Waals surface area contributed by atoms with E-state index in [9.17, 15) is 18.8 Å². The van der Waals surface area contributed by atoms with Crippen LogP contribution in [-0.4, -0.2) is 28.9 Å². The fourth-order valence-corrected chi connectivity index (χ4v) is 3.08. The molecule has 1 aromatic heterocycles. The van der Waals surface area contributed by atoms with Crippen LogP contribution in [0, 0.1) is 11.3 Å². The standard InChI is InChI=1S/C18H16F2N4O2/c1-10(25)24-7-6-15-14(9-24)16(13(8-21)17(22)23-15)11-2-4-12(5-3-11)26-18(19)20/h2-5,18H,6-7,9H2,1H3,(H2,22,23). The van der Waals surface area contributed by atoms with Crippen LogP contribution in [-0.2, 0) is 17.8 Å². The van der Waals surface area contributed by atoms with Crippen LogP contribution < -0.4 is 10.5 Å². The highest BCUT2D eigenvalue weighted by molar-refractivity contribution is 5.81. The van der Waals surface area contributed by atoms with Crippen molar-refractivity contribution in [1.29, 1.82) is 5.26 Å². The van der Waals surface area contributed by atoms with Gasteiger partial charge in [-0.2, -0.15) is 14.0 Å². The molecular weight excluding hydrogens is 342 g/mol. The molecule has 1 amide bonds. The molecule has 134 valence electrons. The molecule has 0 spiro atoms. The second-order valence-corrected chi connectivity index (χ2v) is 5.88. The van der Waals surface area contributed by atoms with Gasteiger partial charge in [-0.3, -0.25) is 4.79 Å². The summed E-state index contributed by atoms with van der Waals surface area (Å²) in [6, 6.07) is 8.03. The van der Waals surface area contributed by atoms with Gasteiger partial charge < -0.3 is 15.4 Å². The Morgan fingerprint density at radius 1 is 1.38 bits per heavy atom. The van der Waals surface area contributed by atoms with Gasteiger partial charge in [0, 0.05) is 37.6 Å². The van der Waals surface area contributed by atoms with E-state index in [-0.39, 0.29) is 23.0 Å². The normalized spacial score (nSPS) is 13.3. The average molecular weight is 358 g/mol. The van der Waals surface area contributed by atoms with Gasteiger partial charge in [-0.15, -0.1) is 0 Å². The Balaban J connectivity index is 2.12. The zero-order valence-corrected chi connectivity index (χ0v) is 14.0. The average Bonchev–Trinajstić information content (AvgIpc) is 2.60. The third kappa shape index (κ3) is 3.28. The molecule has 6 nitrogen and oxygen atoms in total. The first-order chi connectivity index (χ1) is 12.4. The topological polar surface area (TPSA) is 92.2 Å². The molecule has 1 aliphatic heterocycles. The minimum Gasteiger partial charge on any atom is -0.435 e. The van der Waals surface area contributed by atoms with Crippen LogP contribution in [0.3, 0.4) is 0 Å². The van der Waals surface area contributed by atoms with Crippen molar-refractivity contribution in [3.05, 3.63) is 41.1 Å². The molecule has 0 saturated carbocycles. The Morgan fingerprint density at radius 2 is 2.08 bits per heavy atom. The lowest BCUT2D eigenvalue weighted by Gasteiger charge is -2.29. The molecule has 2 N–H and O–H groups in total. The second kappa shape index (κ2) is 6.96. The number of aromatic nitrogens is 1. The third-order valence-corrected chi connectivity index (χ3v) is 4.30. The maximum absolute atomic E-state index is 12.3. The maximum Gasteiger partial charge on any atom is 0.387 e. The first kappa shape index (κ1) is 17.6. The molecular formula is C18H16F2N4O2. The van der Waals surface area contributed by atoms with Crippen LogP contribution in [0.2, 0.25) is 0 Å². The number of pyridine rings is 1. The quantitative estimate of drug-likeness (QED) is 0.911. The summed E-state index contributed by atoms with van der Waals surface area (Å²) in [6.07, 6.45) is 0.532. The lowest BCUT2D eigenvalue weighted by molar-refractivity contribution is -0.129. The van der Waals surface area contributed by atoms with E-state index in [1.54, 1.807) is 17.0 Å². The van der Waals surface area contributed by atoms with Gasteiger partial charge in [0.05, 0.1) is 5.69 Å². The van der Waals surface area contributed by atoms with Crippen molar-refractivity contribution in [1.82, 2.24) is 9.88 Å². The summed E-state index contributed by atoms with van der Waals surface area (Å²) in [5.74, 6) is 0.0616. The number of nitrogen functional groups attached to an aromatic ring is 1. The van der Waals surface area contributed by atoms with Crippen LogP contribution in [0.15, 0.2) is 24.3 Å². The van der Waals surface area contributed by atoms with Crippen molar-refractivity contribution in [2.75, 3.05) is 12.3 Å². The summed E-state index contributed by atoms with van der Waals surface area (Å²) >= 11 is 0. The highest BCUT2D eigenvalue weighted by Crippen LogP contribution is 2.35. The van der Waals surface area contributed by atoms with Gasteiger partial charge in [0.15, 0.2) is 0 Å². The Labute approximate surface area is 148 Å². The van der Waals surface area contributed by atoms with E-state index in [1.807, 2.05) is 0 Å². The van der Waals surface area contributed by atoms with Crippen LogP contribution in [0.4, 0.5) is 14.6 Å². The number of alkyl halides is 2. The molecule has 1 aromatic carbocycles. The lowest BCUT2D eigenvalue weighted by atomic mass is 9.91. The number of amides is 1. The van der Waals surface area contributed by atoms with Gasteiger partial charge in [0.1, 0.15) is 23.2 Å². The monoisotopic (exact) mass is 358 g/mol. The van der Waals surface area contributed by atoms with Crippen molar-refractivity contribution in [3.63, 3.8) is 0 Å². The van der Waals surface area contributed by atoms with Crippen molar-refractivity contribution in [3.8, 4) is 22.9 Å². The second-order valence-electron chi connectivity index (χ2n) is 5.88. The molecule has 0 bridgehead atoms. The van der Waals surface area contributed by atoms with Gasteiger partial charge in [0.2, 0.25) is 5.91 Å². The number of benzene rings is 1. The van der Waals surface area contributed by atoms with E-state index < -0.39 is 6.61 Å². The number of ether oxygens (including phenoxy) is 1. The van der Waals surface area contributed by atoms with E-state index >= 15 is 0 Å². The summed E-state index contributed by atoms with van der Waals surface area (Å²) in [7, 11) is 0. The van der Waals surface area contributed by atoms with Crippen molar-refractivity contribution in [2.45, 2.75) is 26.5 Å². The minimum absolute atomic E-state index is 0.0171. The van der Waals surface area contributed by atoms with Crippen LogP contribution in [0.5, 0.6) is 5.75 Å². The smallest absolute Gasteiger partial charge is 0.387 e. The molecule has 3 rings (SSSR count). The highest BCUT2D eigenvalue weighted by atomic mass is 19.3. The Morgan fingerprint density at radius 3 is 2.65 bits per heavy atom. The predicted molar refractivity (Wildman–Crippen MR) is 90.2 cm³/mol. The minimum atomic E-state index is -2.91. The number of hydrogen-bond acceptors (Lipinski definition) is 5. The summed E-state index contributed by atoms with van der Waals surface area (Å²) in [5.41, 5.74) is 8.84. The van der Waals surface area contributed by atoms with E-state index in [0.29, 0.717) is 30.6 Å². The fourth-order valence-electron chi connectivity index (χ4n) is 3.08. The molecule has 0 radical (unpaired) electrons.